The van der Waals surface area contributed by atoms with Crippen LogP contribution in [0.4, 0.5) is 0 Å². The van der Waals surface area contributed by atoms with Crippen molar-refractivity contribution < 1.29 is 0 Å². The first-order valence-electron chi connectivity index (χ1n) is 3.24. The molecule has 0 aliphatic rings. The summed E-state index contributed by atoms with van der Waals surface area (Å²) in [6.45, 7) is 0. The van der Waals surface area contributed by atoms with E-state index in [9.17, 15) is 0 Å². The highest BCUT2D eigenvalue weighted by Crippen LogP contribution is 2.07. The van der Waals surface area contributed by atoms with Crippen molar-refractivity contribution in [1.82, 2.24) is 9.97 Å². The molecule has 1 heterocycles. The van der Waals surface area contributed by atoms with Crippen LogP contribution in [0.1, 0.15) is 5.69 Å². The van der Waals surface area contributed by atoms with E-state index in [1.165, 1.54) is 11.8 Å². The van der Waals surface area contributed by atoms with Crippen molar-refractivity contribution in [2.75, 3.05) is 0 Å². The van der Waals surface area contributed by atoms with E-state index in [1.54, 1.807) is 18.6 Å². The normalized spacial score (nSPS) is 11.5. The lowest BCUT2D eigenvalue weighted by atomic mass is 10.5. The summed E-state index contributed by atoms with van der Waals surface area (Å²) in [5, 5.41) is 3.66. The maximum Gasteiger partial charge on any atom is 0.177 e. The standard InChI is InChI=1S/C6H9N5S/c7-6(11-8)12-4-5-3-9-1-2-10-5/h1-3H,4,8H2,(H2,7,11). The van der Waals surface area contributed by atoms with E-state index in [0.29, 0.717) is 10.9 Å². The molecule has 0 fully saturated rings. The van der Waals surface area contributed by atoms with Crippen LogP contribution in [0.15, 0.2) is 23.7 Å². The number of aromatic nitrogens is 2. The van der Waals surface area contributed by atoms with Crippen LogP contribution >= 0.6 is 11.8 Å². The molecule has 6 heteroatoms. The summed E-state index contributed by atoms with van der Waals surface area (Å²) in [6.07, 6.45) is 4.93. The van der Waals surface area contributed by atoms with Crippen molar-refractivity contribution in [3.05, 3.63) is 24.3 Å². The largest absolute Gasteiger partial charge is 0.377 e. The molecule has 12 heavy (non-hydrogen) atoms. The van der Waals surface area contributed by atoms with E-state index in [1.807, 2.05) is 0 Å². The third kappa shape index (κ3) is 2.75. The first-order chi connectivity index (χ1) is 5.83. The molecule has 1 aromatic heterocycles. The predicted molar refractivity (Wildman–Crippen MR) is 49.1 cm³/mol. The summed E-state index contributed by atoms with van der Waals surface area (Å²) < 4.78 is 0. The maximum atomic E-state index is 5.36. The number of hydrogen-bond donors (Lipinski definition) is 2. The molecule has 0 radical (unpaired) electrons. The molecule has 0 amide bonds. The molecule has 0 saturated carbocycles. The van der Waals surface area contributed by atoms with Gasteiger partial charge in [-0.15, -0.1) is 0 Å². The molecule has 0 aliphatic carbocycles. The highest BCUT2D eigenvalue weighted by molar-refractivity contribution is 8.13. The lowest BCUT2D eigenvalue weighted by molar-refractivity contribution is 1.10. The Balaban J connectivity index is 2.44. The zero-order valence-corrected chi connectivity index (χ0v) is 7.16. The van der Waals surface area contributed by atoms with Gasteiger partial charge in [0.05, 0.1) is 5.69 Å². The molecule has 64 valence electrons. The molecular formula is C6H9N5S. The lowest BCUT2D eigenvalue weighted by Crippen LogP contribution is -2.09. The van der Waals surface area contributed by atoms with Gasteiger partial charge in [0, 0.05) is 24.3 Å². The summed E-state index contributed by atoms with van der Waals surface area (Å²) in [6, 6.07) is 0. The number of nitrogens with two attached hydrogens (primary N) is 2. The third-order valence-electron chi connectivity index (χ3n) is 1.11. The Bertz CT molecular complexity index is 260. The lowest BCUT2D eigenvalue weighted by Gasteiger charge is -1.97. The van der Waals surface area contributed by atoms with Crippen LogP contribution < -0.4 is 11.6 Å². The number of hydrazone groups is 1. The van der Waals surface area contributed by atoms with Gasteiger partial charge in [0.1, 0.15) is 0 Å². The van der Waals surface area contributed by atoms with Gasteiger partial charge in [-0.2, -0.15) is 5.10 Å². The van der Waals surface area contributed by atoms with Gasteiger partial charge >= 0.3 is 0 Å². The minimum atomic E-state index is 0.348. The number of hydrogen-bond acceptors (Lipinski definition) is 5. The number of rotatable bonds is 2. The second-order valence-electron chi connectivity index (χ2n) is 1.95. The molecule has 0 unspecified atom stereocenters. The summed E-state index contributed by atoms with van der Waals surface area (Å²) in [5.41, 5.74) is 6.22. The molecule has 0 aliphatic heterocycles. The van der Waals surface area contributed by atoms with Gasteiger partial charge in [0.25, 0.3) is 0 Å². The Morgan fingerprint density at radius 1 is 1.58 bits per heavy atom. The van der Waals surface area contributed by atoms with Gasteiger partial charge in [-0.05, 0) is 0 Å². The van der Waals surface area contributed by atoms with Crippen molar-refractivity contribution in [3.8, 4) is 0 Å². The second kappa shape index (κ2) is 4.55. The van der Waals surface area contributed by atoms with E-state index >= 15 is 0 Å². The minimum absolute atomic E-state index is 0.348. The highest BCUT2D eigenvalue weighted by Gasteiger charge is 1.96. The third-order valence-corrected chi connectivity index (χ3v) is 1.95. The smallest absolute Gasteiger partial charge is 0.177 e. The van der Waals surface area contributed by atoms with Crippen molar-refractivity contribution in [2.45, 2.75) is 5.75 Å². The van der Waals surface area contributed by atoms with Crippen LogP contribution in [-0.4, -0.2) is 15.1 Å². The van der Waals surface area contributed by atoms with E-state index in [4.69, 9.17) is 11.6 Å². The zero-order valence-electron chi connectivity index (χ0n) is 6.34. The second-order valence-corrected chi connectivity index (χ2v) is 2.95. The average Bonchev–Trinajstić information content (AvgIpc) is 2.16. The summed E-state index contributed by atoms with van der Waals surface area (Å²) in [5.74, 6) is 5.58. The van der Waals surface area contributed by atoms with Crippen LogP contribution in [0.25, 0.3) is 0 Å². The summed E-state index contributed by atoms with van der Waals surface area (Å²) >= 11 is 1.33. The fourth-order valence-electron chi connectivity index (χ4n) is 0.590. The fraction of sp³-hybridized carbons (Fsp3) is 0.167. The molecule has 4 N–H and O–H groups in total. The SMILES string of the molecule is NN=C(N)SCc1cnccn1. The van der Waals surface area contributed by atoms with Gasteiger partial charge in [0.2, 0.25) is 0 Å². The Labute approximate surface area is 74.3 Å². The van der Waals surface area contributed by atoms with Crippen molar-refractivity contribution in [1.29, 1.82) is 0 Å². The summed E-state index contributed by atoms with van der Waals surface area (Å²) in [7, 11) is 0. The van der Waals surface area contributed by atoms with E-state index < -0.39 is 0 Å². The van der Waals surface area contributed by atoms with Crippen molar-refractivity contribution in [3.63, 3.8) is 0 Å². The van der Waals surface area contributed by atoms with Crippen LogP contribution in [-0.2, 0) is 5.75 Å². The number of nitrogens with zero attached hydrogens (tertiary/aromatic N) is 3. The molecule has 0 atom stereocenters. The van der Waals surface area contributed by atoms with Gasteiger partial charge in [-0.3, -0.25) is 9.97 Å². The van der Waals surface area contributed by atoms with E-state index in [0.717, 1.165) is 5.69 Å². The van der Waals surface area contributed by atoms with E-state index in [2.05, 4.69) is 15.1 Å². The quantitative estimate of drug-likeness (QED) is 0.289. The summed E-state index contributed by atoms with van der Waals surface area (Å²) in [4.78, 5) is 7.95. The van der Waals surface area contributed by atoms with Gasteiger partial charge in [-0.25, -0.2) is 0 Å². The molecular weight excluding hydrogens is 174 g/mol. The van der Waals surface area contributed by atoms with Gasteiger partial charge in [-0.1, -0.05) is 11.8 Å². The maximum absolute atomic E-state index is 5.36. The molecule has 1 aromatic rings. The first-order valence-corrected chi connectivity index (χ1v) is 4.22. The molecule has 0 spiro atoms. The fourth-order valence-corrected chi connectivity index (χ4v) is 1.11. The van der Waals surface area contributed by atoms with Crippen LogP contribution in [0.2, 0.25) is 0 Å². The first kappa shape index (κ1) is 8.79. The van der Waals surface area contributed by atoms with Crippen molar-refractivity contribution >= 4 is 16.9 Å². The Morgan fingerprint density at radius 2 is 2.42 bits per heavy atom. The Hall–Kier alpha value is -1.30. The molecule has 0 aromatic carbocycles. The highest BCUT2D eigenvalue weighted by atomic mass is 32.2. The van der Waals surface area contributed by atoms with E-state index in [-0.39, 0.29) is 0 Å². The van der Waals surface area contributed by atoms with Crippen LogP contribution in [0.3, 0.4) is 0 Å². The number of amidine groups is 1. The Kier molecular flexibility index (Phi) is 3.34. The van der Waals surface area contributed by atoms with Crippen molar-refractivity contribution in [2.24, 2.45) is 16.7 Å². The van der Waals surface area contributed by atoms with Crippen LogP contribution in [0.5, 0.6) is 0 Å². The minimum Gasteiger partial charge on any atom is -0.377 e. The van der Waals surface area contributed by atoms with Crippen LogP contribution in [0, 0.1) is 0 Å². The predicted octanol–water partition coefficient (Wildman–Crippen LogP) is -0.102. The van der Waals surface area contributed by atoms with Gasteiger partial charge in [0.15, 0.2) is 5.17 Å². The topological polar surface area (TPSA) is 90.2 Å². The molecule has 1 rings (SSSR count). The molecule has 5 nitrogen and oxygen atoms in total. The molecule has 0 bridgehead atoms. The average molecular weight is 183 g/mol. The monoisotopic (exact) mass is 183 g/mol. The zero-order chi connectivity index (χ0) is 8.81. The Morgan fingerprint density at radius 3 is 3.00 bits per heavy atom. The molecule has 0 saturated heterocycles. The van der Waals surface area contributed by atoms with Gasteiger partial charge < -0.3 is 11.6 Å². The number of thioether (sulfide) groups is 1.